The van der Waals surface area contributed by atoms with Crippen molar-refractivity contribution in [3.05, 3.63) is 47.1 Å². The van der Waals surface area contributed by atoms with Gasteiger partial charge >= 0.3 is 6.18 Å². The number of halogens is 3. The van der Waals surface area contributed by atoms with E-state index in [0.29, 0.717) is 21.8 Å². The normalized spacial score (nSPS) is 22.2. The molecule has 2 N–H and O–H groups in total. The van der Waals surface area contributed by atoms with E-state index in [1.54, 1.807) is 6.07 Å². The summed E-state index contributed by atoms with van der Waals surface area (Å²) in [4.78, 5) is 26.3. The van der Waals surface area contributed by atoms with E-state index in [4.69, 9.17) is 0 Å². The largest absolute Gasteiger partial charge is 0.393 e. The Bertz CT molecular complexity index is 1290. The molecule has 2 aliphatic rings. The highest BCUT2D eigenvalue weighted by atomic mass is 32.1. The van der Waals surface area contributed by atoms with Gasteiger partial charge in [-0.15, -0.1) is 11.3 Å². The molecule has 1 atom stereocenters. The highest BCUT2D eigenvalue weighted by Gasteiger charge is 2.49. The number of anilines is 2. The molecule has 0 bridgehead atoms. The van der Waals surface area contributed by atoms with Gasteiger partial charge in [0.2, 0.25) is 0 Å². The number of amides is 1. The highest BCUT2D eigenvalue weighted by molar-refractivity contribution is 7.18. The molecule has 3 aromatic rings. The van der Waals surface area contributed by atoms with Gasteiger partial charge in [0.15, 0.2) is 0 Å². The molecule has 3 heterocycles. The summed E-state index contributed by atoms with van der Waals surface area (Å²) in [5.41, 5.74) is 1.81. The Morgan fingerprint density at radius 2 is 1.97 bits per heavy atom. The van der Waals surface area contributed by atoms with Crippen molar-refractivity contribution in [1.82, 2.24) is 20.2 Å². The van der Waals surface area contributed by atoms with Crippen LogP contribution in [0.2, 0.25) is 0 Å². The quantitative estimate of drug-likeness (QED) is 0.417. The lowest BCUT2D eigenvalue weighted by Gasteiger charge is -2.46. The van der Waals surface area contributed by atoms with Gasteiger partial charge in [-0.2, -0.15) is 13.2 Å². The van der Waals surface area contributed by atoms with Crippen molar-refractivity contribution in [2.24, 2.45) is 5.41 Å². The number of thiophene rings is 1. The first-order chi connectivity index (χ1) is 18.0. The van der Waals surface area contributed by atoms with Gasteiger partial charge in [0, 0.05) is 47.8 Å². The van der Waals surface area contributed by atoms with Crippen LogP contribution in [-0.2, 0) is 6.42 Å². The van der Waals surface area contributed by atoms with E-state index in [1.807, 2.05) is 50.2 Å². The van der Waals surface area contributed by atoms with E-state index in [0.717, 1.165) is 61.7 Å². The summed E-state index contributed by atoms with van der Waals surface area (Å²) < 4.78 is 38.7. The molecule has 0 radical (unpaired) electrons. The minimum Gasteiger partial charge on any atom is -0.382 e. The Morgan fingerprint density at radius 3 is 2.66 bits per heavy atom. The van der Waals surface area contributed by atoms with Gasteiger partial charge in [0.05, 0.1) is 11.8 Å². The Morgan fingerprint density at radius 1 is 1.24 bits per heavy atom. The average molecular weight is 547 g/mol. The molecule has 1 unspecified atom stereocenters. The Balaban J connectivity index is 1.16. The number of alkyl halides is 3. The van der Waals surface area contributed by atoms with Gasteiger partial charge in [-0.1, -0.05) is 0 Å². The number of aromatic nitrogens is 2. The smallest absolute Gasteiger partial charge is 0.382 e. The second-order valence-corrected chi connectivity index (χ2v) is 12.2. The number of carbonyl (C=O) groups excluding carboxylic acids is 1. The van der Waals surface area contributed by atoms with Crippen molar-refractivity contribution in [1.29, 1.82) is 0 Å². The van der Waals surface area contributed by atoms with Crippen molar-refractivity contribution in [3.63, 3.8) is 0 Å². The maximum absolute atomic E-state index is 12.9. The lowest BCUT2D eigenvalue weighted by molar-refractivity contribution is -0.126. The summed E-state index contributed by atoms with van der Waals surface area (Å²) in [6.07, 6.45) is -0.658. The van der Waals surface area contributed by atoms with Crippen molar-refractivity contribution in [2.45, 2.75) is 50.9 Å². The molecule has 2 fully saturated rings. The second-order valence-electron chi connectivity index (χ2n) is 11.1. The fourth-order valence-electron chi connectivity index (χ4n) is 5.82. The molecule has 1 aromatic carbocycles. The average Bonchev–Trinajstić information content (AvgIpc) is 3.41. The molecule has 1 aliphatic carbocycles. The molecule has 1 amide bonds. The standard InChI is InChI=1S/C27H33F3N6OS/c1-17(14-35(2)3)33-24(37)18-4-6-19(7-5-18)34-20-11-26(12-20)8-9-36(15-26)23-22-10-21(13-27(28,29)30)38-25(22)32-16-31-23/h4-7,10,16-17,20,34H,8-9,11-15H2,1-3H3,(H,33,37). The zero-order valence-electron chi connectivity index (χ0n) is 21.8. The third-order valence-electron chi connectivity index (χ3n) is 7.37. The van der Waals surface area contributed by atoms with Crippen LogP contribution in [-0.4, -0.2) is 72.8 Å². The summed E-state index contributed by atoms with van der Waals surface area (Å²) in [7, 11) is 3.96. The Kier molecular flexibility index (Phi) is 7.25. The molecule has 7 nitrogen and oxygen atoms in total. The molecular weight excluding hydrogens is 513 g/mol. The SMILES string of the molecule is CC(CN(C)C)NC(=O)c1ccc(NC2CC3(CCN(c4ncnc5sc(CC(F)(F)F)cc45)C3)C2)cc1. The predicted molar refractivity (Wildman–Crippen MR) is 145 cm³/mol. The molecule has 2 aromatic heterocycles. The zero-order chi connectivity index (χ0) is 27.1. The summed E-state index contributed by atoms with van der Waals surface area (Å²) in [6, 6.07) is 9.60. The van der Waals surface area contributed by atoms with E-state index in [-0.39, 0.29) is 22.2 Å². The zero-order valence-corrected chi connectivity index (χ0v) is 22.6. The second kappa shape index (κ2) is 10.3. The number of likely N-dealkylation sites (N-methyl/N-ethyl adjacent to an activating group) is 1. The monoisotopic (exact) mass is 546 g/mol. The molecule has 1 aliphatic heterocycles. The number of rotatable bonds is 8. The topological polar surface area (TPSA) is 73.4 Å². The van der Waals surface area contributed by atoms with Crippen LogP contribution in [0, 0.1) is 5.41 Å². The van der Waals surface area contributed by atoms with Crippen LogP contribution in [0.15, 0.2) is 36.7 Å². The summed E-state index contributed by atoms with van der Waals surface area (Å²) in [5, 5.41) is 7.31. The van der Waals surface area contributed by atoms with Crippen LogP contribution in [0.1, 0.15) is 41.4 Å². The third kappa shape index (κ3) is 6.04. The highest BCUT2D eigenvalue weighted by Crippen LogP contribution is 2.50. The van der Waals surface area contributed by atoms with Crippen molar-refractivity contribution >= 4 is 39.0 Å². The van der Waals surface area contributed by atoms with Crippen LogP contribution >= 0.6 is 11.3 Å². The van der Waals surface area contributed by atoms with E-state index >= 15 is 0 Å². The summed E-state index contributed by atoms with van der Waals surface area (Å²) >= 11 is 1.09. The van der Waals surface area contributed by atoms with E-state index in [1.165, 1.54) is 6.33 Å². The van der Waals surface area contributed by atoms with Crippen molar-refractivity contribution in [3.8, 4) is 0 Å². The Hall–Kier alpha value is -2.92. The lowest BCUT2D eigenvalue weighted by Crippen LogP contribution is -2.46. The molecule has 204 valence electrons. The van der Waals surface area contributed by atoms with Crippen LogP contribution in [0.4, 0.5) is 24.7 Å². The van der Waals surface area contributed by atoms with Gasteiger partial charge < -0.3 is 20.4 Å². The number of hydrogen-bond acceptors (Lipinski definition) is 7. The fraction of sp³-hybridized carbons (Fsp3) is 0.519. The number of fused-ring (bicyclic) bond motifs is 1. The minimum absolute atomic E-state index is 0.0626. The first-order valence-electron chi connectivity index (χ1n) is 12.9. The van der Waals surface area contributed by atoms with Crippen LogP contribution < -0.4 is 15.5 Å². The van der Waals surface area contributed by atoms with Crippen LogP contribution in [0.3, 0.4) is 0 Å². The molecule has 38 heavy (non-hydrogen) atoms. The molecule has 5 rings (SSSR count). The predicted octanol–water partition coefficient (Wildman–Crippen LogP) is 4.95. The number of nitrogens with one attached hydrogen (secondary N) is 2. The fourth-order valence-corrected chi connectivity index (χ4v) is 6.84. The van der Waals surface area contributed by atoms with E-state index < -0.39 is 12.6 Å². The van der Waals surface area contributed by atoms with Crippen molar-refractivity contribution in [2.75, 3.05) is 43.9 Å². The molecule has 1 saturated heterocycles. The summed E-state index contributed by atoms with van der Waals surface area (Å²) in [5.74, 6) is 0.663. The summed E-state index contributed by atoms with van der Waals surface area (Å²) in [6.45, 7) is 4.44. The first-order valence-corrected chi connectivity index (χ1v) is 13.7. The number of carbonyl (C=O) groups is 1. The molecule has 11 heteroatoms. The van der Waals surface area contributed by atoms with Gasteiger partial charge in [0.1, 0.15) is 17.0 Å². The maximum Gasteiger partial charge on any atom is 0.393 e. The third-order valence-corrected chi connectivity index (χ3v) is 8.41. The first kappa shape index (κ1) is 26.7. The number of hydrogen-bond donors (Lipinski definition) is 2. The lowest BCUT2D eigenvalue weighted by atomic mass is 9.65. The van der Waals surface area contributed by atoms with E-state index in [9.17, 15) is 18.0 Å². The molecule has 1 spiro atoms. The van der Waals surface area contributed by atoms with Gasteiger partial charge in [-0.05, 0) is 76.0 Å². The molecular formula is C27H33F3N6OS. The van der Waals surface area contributed by atoms with Crippen LogP contribution in [0.25, 0.3) is 10.2 Å². The van der Waals surface area contributed by atoms with Crippen LogP contribution in [0.5, 0.6) is 0 Å². The van der Waals surface area contributed by atoms with Gasteiger partial charge in [-0.25, -0.2) is 9.97 Å². The van der Waals surface area contributed by atoms with Crippen molar-refractivity contribution < 1.29 is 18.0 Å². The Labute approximate surface area is 224 Å². The van der Waals surface area contributed by atoms with E-state index in [2.05, 4.69) is 25.5 Å². The number of nitrogens with zero attached hydrogens (tertiary/aromatic N) is 4. The minimum atomic E-state index is -4.24. The van der Waals surface area contributed by atoms with Gasteiger partial charge in [0.25, 0.3) is 5.91 Å². The van der Waals surface area contributed by atoms with Gasteiger partial charge in [-0.3, -0.25) is 4.79 Å². The maximum atomic E-state index is 12.9. The number of benzene rings is 1. The molecule has 1 saturated carbocycles.